The summed E-state index contributed by atoms with van der Waals surface area (Å²) in [5.41, 5.74) is 1.74. The molecule has 0 radical (unpaired) electrons. The molecule has 0 saturated heterocycles. The number of carbonyl (C=O) groups is 1. The van der Waals surface area contributed by atoms with E-state index in [0.717, 1.165) is 11.0 Å². The summed E-state index contributed by atoms with van der Waals surface area (Å²) in [4.78, 5) is 18.4. The summed E-state index contributed by atoms with van der Waals surface area (Å²) in [6, 6.07) is 7.35. The minimum atomic E-state index is -0.253. The van der Waals surface area contributed by atoms with Gasteiger partial charge in [0.05, 0.1) is 11.0 Å². The Morgan fingerprint density at radius 2 is 2.27 bits per heavy atom. The van der Waals surface area contributed by atoms with E-state index in [2.05, 4.69) is 20.6 Å². The van der Waals surface area contributed by atoms with Crippen molar-refractivity contribution in [3.63, 3.8) is 0 Å². The van der Waals surface area contributed by atoms with Crippen LogP contribution in [0, 0.1) is 0 Å². The molecule has 5 heteroatoms. The Morgan fingerprint density at radius 1 is 1.47 bits per heavy atom. The van der Waals surface area contributed by atoms with Gasteiger partial charge < -0.3 is 10.3 Å². The zero-order valence-electron chi connectivity index (χ0n) is 8.37. The van der Waals surface area contributed by atoms with Crippen LogP contribution in [0.15, 0.2) is 24.3 Å². The number of fused-ring (bicyclic) bond motifs is 1. The molecule has 1 aromatic heterocycles. The molecule has 2 amide bonds. The maximum atomic E-state index is 11.2. The molecule has 5 nitrogen and oxygen atoms in total. The van der Waals surface area contributed by atoms with E-state index in [-0.39, 0.29) is 6.03 Å². The molecule has 2 aromatic rings. The number of hydrogen-bond donors (Lipinski definition) is 3. The Balaban J connectivity index is 2.18. The molecular weight excluding hydrogens is 192 g/mol. The van der Waals surface area contributed by atoms with E-state index < -0.39 is 0 Å². The molecule has 0 fully saturated rings. The number of rotatable bonds is 2. The third-order valence-corrected chi connectivity index (χ3v) is 1.96. The van der Waals surface area contributed by atoms with Crippen molar-refractivity contribution in [1.82, 2.24) is 15.3 Å². The number of hydrogen-bond acceptors (Lipinski definition) is 2. The summed E-state index contributed by atoms with van der Waals surface area (Å²) in [7, 11) is 0. The van der Waals surface area contributed by atoms with E-state index >= 15 is 0 Å². The standard InChI is InChI=1S/C10H12N4O/c1-2-11-10(15)14-9-12-7-5-3-4-6-8(7)13-9/h3-6H,2H2,1H3,(H3,11,12,13,14,15). The average Bonchev–Trinajstić information content (AvgIpc) is 2.59. The van der Waals surface area contributed by atoms with Crippen molar-refractivity contribution in [2.24, 2.45) is 0 Å². The molecule has 1 heterocycles. The van der Waals surface area contributed by atoms with E-state index in [1.54, 1.807) is 0 Å². The second-order valence-electron chi connectivity index (χ2n) is 3.09. The Bertz CT molecular complexity index is 444. The molecule has 0 aliphatic carbocycles. The topological polar surface area (TPSA) is 69.8 Å². The van der Waals surface area contributed by atoms with E-state index in [0.29, 0.717) is 12.5 Å². The highest BCUT2D eigenvalue weighted by Crippen LogP contribution is 2.12. The summed E-state index contributed by atoms with van der Waals surface area (Å²) in [6.45, 7) is 2.45. The number of aromatic amines is 1. The highest BCUT2D eigenvalue weighted by molar-refractivity contribution is 5.89. The lowest BCUT2D eigenvalue weighted by Crippen LogP contribution is -2.28. The van der Waals surface area contributed by atoms with E-state index in [1.165, 1.54) is 0 Å². The number of urea groups is 1. The lowest BCUT2D eigenvalue weighted by Gasteiger charge is -2.00. The summed E-state index contributed by atoms with van der Waals surface area (Å²) >= 11 is 0. The Morgan fingerprint density at radius 3 is 3.00 bits per heavy atom. The van der Waals surface area contributed by atoms with Crippen LogP contribution in [0.1, 0.15) is 6.92 Å². The van der Waals surface area contributed by atoms with Gasteiger partial charge in [-0.1, -0.05) is 12.1 Å². The van der Waals surface area contributed by atoms with Crippen LogP contribution in [-0.2, 0) is 0 Å². The van der Waals surface area contributed by atoms with Crippen molar-refractivity contribution < 1.29 is 4.79 Å². The van der Waals surface area contributed by atoms with Gasteiger partial charge in [0, 0.05) is 6.54 Å². The smallest absolute Gasteiger partial charge is 0.321 e. The average molecular weight is 204 g/mol. The third kappa shape index (κ3) is 2.07. The minimum Gasteiger partial charge on any atom is -0.338 e. The first-order chi connectivity index (χ1) is 7.29. The number of nitrogens with one attached hydrogen (secondary N) is 3. The molecule has 0 spiro atoms. The van der Waals surface area contributed by atoms with Crippen LogP contribution in [-0.4, -0.2) is 22.5 Å². The monoisotopic (exact) mass is 204 g/mol. The molecule has 0 bridgehead atoms. The fourth-order valence-electron chi connectivity index (χ4n) is 1.32. The molecule has 15 heavy (non-hydrogen) atoms. The predicted molar refractivity (Wildman–Crippen MR) is 58.8 cm³/mol. The second kappa shape index (κ2) is 4.00. The number of aromatic nitrogens is 2. The van der Waals surface area contributed by atoms with Crippen LogP contribution in [0.5, 0.6) is 0 Å². The Hall–Kier alpha value is -2.04. The first-order valence-corrected chi connectivity index (χ1v) is 4.79. The zero-order valence-corrected chi connectivity index (χ0v) is 8.37. The summed E-state index contributed by atoms with van der Waals surface area (Å²) < 4.78 is 0. The van der Waals surface area contributed by atoms with Crippen LogP contribution in [0.2, 0.25) is 0 Å². The molecule has 0 atom stereocenters. The number of carbonyl (C=O) groups excluding carboxylic acids is 1. The molecule has 0 saturated carbocycles. The molecule has 0 unspecified atom stereocenters. The maximum Gasteiger partial charge on any atom is 0.321 e. The molecular formula is C10H12N4O. The van der Waals surface area contributed by atoms with Gasteiger partial charge in [-0.2, -0.15) is 0 Å². The molecule has 3 N–H and O–H groups in total. The Kier molecular flexibility index (Phi) is 2.53. The van der Waals surface area contributed by atoms with Crippen molar-refractivity contribution in [1.29, 1.82) is 0 Å². The number of nitrogens with zero attached hydrogens (tertiary/aromatic N) is 1. The number of amides is 2. The SMILES string of the molecule is CCNC(=O)Nc1nc2ccccc2[nH]1. The number of imidazole rings is 1. The fourth-order valence-corrected chi connectivity index (χ4v) is 1.32. The van der Waals surface area contributed by atoms with Crippen molar-refractivity contribution in [2.45, 2.75) is 6.92 Å². The number of H-pyrrole nitrogens is 1. The number of anilines is 1. The third-order valence-electron chi connectivity index (χ3n) is 1.96. The Labute approximate surface area is 86.9 Å². The van der Waals surface area contributed by atoms with E-state index in [1.807, 2.05) is 31.2 Å². The second-order valence-corrected chi connectivity index (χ2v) is 3.09. The van der Waals surface area contributed by atoms with E-state index in [9.17, 15) is 4.79 Å². The van der Waals surface area contributed by atoms with Crippen LogP contribution in [0.25, 0.3) is 11.0 Å². The number of benzene rings is 1. The molecule has 0 aliphatic heterocycles. The largest absolute Gasteiger partial charge is 0.338 e. The molecule has 1 aromatic carbocycles. The van der Waals surface area contributed by atoms with Gasteiger partial charge in [0.25, 0.3) is 0 Å². The van der Waals surface area contributed by atoms with Crippen molar-refractivity contribution in [2.75, 3.05) is 11.9 Å². The van der Waals surface area contributed by atoms with Gasteiger partial charge in [0.1, 0.15) is 0 Å². The van der Waals surface area contributed by atoms with Crippen LogP contribution >= 0.6 is 0 Å². The van der Waals surface area contributed by atoms with Crippen LogP contribution < -0.4 is 10.6 Å². The van der Waals surface area contributed by atoms with E-state index in [4.69, 9.17) is 0 Å². The lowest BCUT2D eigenvalue weighted by atomic mass is 10.3. The first-order valence-electron chi connectivity index (χ1n) is 4.79. The summed E-state index contributed by atoms with van der Waals surface area (Å²) in [5, 5.41) is 5.24. The fraction of sp³-hybridized carbons (Fsp3) is 0.200. The van der Waals surface area contributed by atoms with Crippen molar-refractivity contribution in [3.8, 4) is 0 Å². The lowest BCUT2D eigenvalue weighted by molar-refractivity contribution is 0.252. The van der Waals surface area contributed by atoms with Gasteiger partial charge in [-0.25, -0.2) is 9.78 Å². The van der Waals surface area contributed by atoms with Gasteiger partial charge in [-0.15, -0.1) is 0 Å². The van der Waals surface area contributed by atoms with Gasteiger partial charge in [-0.05, 0) is 19.1 Å². The highest BCUT2D eigenvalue weighted by atomic mass is 16.2. The minimum absolute atomic E-state index is 0.253. The summed E-state index contributed by atoms with van der Waals surface area (Å²) in [6.07, 6.45) is 0. The quantitative estimate of drug-likeness (QED) is 0.696. The van der Waals surface area contributed by atoms with Gasteiger partial charge in [0.2, 0.25) is 5.95 Å². The number of para-hydroxylation sites is 2. The van der Waals surface area contributed by atoms with Gasteiger partial charge in [-0.3, -0.25) is 5.32 Å². The van der Waals surface area contributed by atoms with Crippen LogP contribution in [0.3, 0.4) is 0 Å². The highest BCUT2D eigenvalue weighted by Gasteiger charge is 2.04. The predicted octanol–water partition coefficient (Wildman–Crippen LogP) is 1.70. The molecule has 2 rings (SSSR count). The molecule has 0 aliphatic rings. The molecule has 78 valence electrons. The maximum absolute atomic E-state index is 11.2. The first kappa shape index (κ1) is 9.51. The van der Waals surface area contributed by atoms with Gasteiger partial charge >= 0.3 is 6.03 Å². The summed E-state index contributed by atoms with van der Waals surface area (Å²) in [5.74, 6) is 0.460. The zero-order chi connectivity index (χ0) is 10.7. The normalized spacial score (nSPS) is 10.2. The van der Waals surface area contributed by atoms with Crippen molar-refractivity contribution >= 4 is 23.0 Å². The van der Waals surface area contributed by atoms with Crippen molar-refractivity contribution in [3.05, 3.63) is 24.3 Å². The van der Waals surface area contributed by atoms with Gasteiger partial charge in [0.15, 0.2) is 0 Å². The van der Waals surface area contributed by atoms with Crippen LogP contribution in [0.4, 0.5) is 10.7 Å².